The van der Waals surface area contributed by atoms with Gasteiger partial charge in [0.05, 0.1) is 6.54 Å². The second-order valence-electron chi connectivity index (χ2n) is 14.4. The third kappa shape index (κ3) is 11.3. The molecule has 0 unspecified atom stereocenters. The molecule has 2 aliphatic rings. The predicted molar refractivity (Wildman–Crippen MR) is 205 cm³/mol. The van der Waals surface area contributed by atoms with Gasteiger partial charge in [0.25, 0.3) is 5.91 Å². The van der Waals surface area contributed by atoms with E-state index in [0.717, 1.165) is 53.5 Å². The molecule has 1 atom stereocenters. The van der Waals surface area contributed by atoms with Crippen LogP contribution in [-0.2, 0) is 16.0 Å². The minimum absolute atomic E-state index is 0. The van der Waals surface area contributed by atoms with Gasteiger partial charge in [-0.1, -0.05) is 30.3 Å². The van der Waals surface area contributed by atoms with Gasteiger partial charge in [-0.2, -0.15) is 18.4 Å². The van der Waals surface area contributed by atoms with E-state index < -0.39 is 18.8 Å². The first kappa shape index (κ1) is 41.3. The summed E-state index contributed by atoms with van der Waals surface area (Å²) in [5.41, 5.74) is 11.2. The molecule has 1 aliphatic heterocycles. The van der Waals surface area contributed by atoms with Crippen molar-refractivity contribution in [2.45, 2.75) is 70.1 Å². The van der Waals surface area contributed by atoms with E-state index in [-0.39, 0.29) is 61.6 Å². The molecule has 1 aliphatic carbocycles. The number of halogens is 4. The third-order valence-corrected chi connectivity index (χ3v) is 10.5. The van der Waals surface area contributed by atoms with E-state index in [4.69, 9.17) is 5.73 Å². The van der Waals surface area contributed by atoms with E-state index in [1.54, 1.807) is 30.3 Å². The first-order valence-electron chi connectivity index (χ1n) is 18.4. The van der Waals surface area contributed by atoms with Crippen LogP contribution in [0.2, 0.25) is 0 Å². The number of H-pyrrole nitrogens is 1. The van der Waals surface area contributed by atoms with Gasteiger partial charge >= 0.3 is 6.18 Å². The zero-order valence-corrected chi connectivity index (χ0v) is 31.4. The van der Waals surface area contributed by atoms with Crippen LogP contribution >= 0.6 is 12.4 Å². The van der Waals surface area contributed by atoms with E-state index >= 15 is 0 Å². The van der Waals surface area contributed by atoms with Gasteiger partial charge in [0.15, 0.2) is 0 Å². The lowest BCUT2D eigenvalue weighted by atomic mass is 9.81. The molecule has 1 saturated heterocycles. The molecule has 6 N–H and O–H groups in total. The zero-order valence-electron chi connectivity index (χ0n) is 30.6. The van der Waals surface area contributed by atoms with Gasteiger partial charge in [0, 0.05) is 48.3 Å². The number of piperidine rings is 1. The molecule has 3 amide bonds. The van der Waals surface area contributed by atoms with Gasteiger partial charge in [-0.15, -0.1) is 22.6 Å². The lowest BCUT2D eigenvalue weighted by Crippen LogP contribution is -2.48. The second kappa shape index (κ2) is 18.7. The van der Waals surface area contributed by atoms with Gasteiger partial charge in [-0.3, -0.25) is 19.3 Å². The number of nitrogens with two attached hydrogens (primary N) is 1. The maximum Gasteiger partial charge on any atom is 0.401 e. The second-order valence-corrected chi connectivity index (χ2v) is 14.4. The number of likely N-dealkylation sites (tertiary alicyclic amines) is 1. The fourth-order valence-corrected chi connectivity index (χ4v) is 7.32. The lowest BCUT2D eigenvalue weighted by Gasteiger charge is -2.32. The van der Waals surface area contributed by atoms with Gasteiger partial charge in [-0.25, -0.2) is 0 Å². The third-order valence-electron chi connectivity index (χ3n) is 10.5. The van der Waals surface area contributed by atoms with Crippen molar-refractivity contribution in [1.82, 2.24) is 36.2 Å². The number of tetrazole rings is 1. The minimum Gasteiger partial charge on any atom is -0.349 e. The predicted octanol–water partition coefficient (Wildman–Crippen LogP) is 5.45. The molecule has 55 heavy (non-hydrogen) atoms. The molecule has 1 saturated carbocycles. The normalized spacial score (nSPS) is 18.5. The van der Waals surface area contributed by atoms with Crippen molar-refractivity contribution in [2.24, 2.45) is 17.6 Å². The number of nitrogens with zero attached hydrogens (tertiary/aromatic N) is 4. The summed E-state index contributed by atoms with van der Waals surface area (Å²) in [7, 11) is 0. The average molecular weight is 782 g/mol. The maximum atomic E-state index is 13.7. The quantitative estimate of drug-likeness (QED) is 0.126. The van der Waals surface area contributed by atoms with Gasteiger partial charge in [-0.05, 0) is 122 Å². The number of carbonyl (C=O) groups is 3. The van der Waals surface area contributed by atoms with E-state index in [1.807, 2.05) is 43.3 Å². The fraction of sp³-hybridized carbons (Fsp3) is 0.436. The molecular weight excluding hydrogens is 735 g/mol. The number of alkyl halides is 3. The number of anilines is 1. The Labute approximate surface area is 324 Å². The Morgan fingerprint density at radius 3 is 2.20 bits per heavy atom. The summed E-state index contributed by atoms with van der Waals surface area (Å²) in [5.74, 6) is -0.0557. The van der Waals surface area contributed by atoms with Crippen LogP contribution in [0.3, 0.4) is 0 Å². The van der Waals surface area contributed by atoms with E-state index in [0.29, 0.717) is 42.4 Å². The standard InChI is InChI=1S/C39H46F3N9O3.ClH/c1-24-20-30(37(53)44-32-16-18-51(19-17-32)23-39(40,41)42)12-15-33(24)27-6-2-25(3-7-27)21-34(46-36(52)29-8-4-26(22-43)5-9-29)38(54)45-31-13-10-28(11-14-31)35-47-49-50-48-35;/h2-3,6-7,10-15,20,26,29,32,34H,4-5,8-9,16-19,21-23,43H2,1H3,(H,44,53)(H,45,54)(H,46,52)(H,47,48,49,50);1H/t26-,29-,34-;/m0./s1. The SMILES string of the molecule is Cc1cc(C(=O)NC2CCN(CC(F)(F)F)CC2)ccc1-c1ccc(C[C@H](NC(=O)[C@H]2CC[C@H](CN)CC2)C(=O)Nc2ccc(-c3nn[nH]n3)cc2)cc1.Cl. The summed E-state index contributed by atoms with van der Waals surface area (Å²) >= 11 is 0. The van der Waals surface area contributed by atoms with Crippen LogP contribution in [0.15, 0.2) is 66.7 Å². The summed E-state index contributed by atoms with van der Waals surface area (Å²) in [6.07, 6.45) is 0.202. The van der Waals surface area contributed by atoms with E-state index in [2.05, 4.69) is 36.6 Å². The molecule has 3 aromatic carbocycles. The summed E-state index contributed by atoms with van der Waals surface area (Å²) in [6.45, 7) is 2.16. The van der Waals surface area contributed by atoms with Crippen LogP contribution in [0, 0.1) is 18.8 Å². The molecule has 0 spiro atoms. The first-order chi connectivity index (χ1) is 25.9. The Morgan fingerprint density at radius 1 is 0.927 bits per heavy atom. The molecule has 16 heteroatoms. The number of rotatable bonds is 12. The van der Waals surface area contributed by atoms with Gasteiger partial charge in [0.2, 0.25) is 17.6 Å². The number of nitrogens with one attached hydrogen (secondary N) is 4. The molecule has 12 nitrogen and oxygen atoms in total. The topological polar surface area (TPSA) is 171 Å². The van der Waals surface area contributed by atoms with Crippen molar-refractivity contribution in [3.05, 3.63) is 83.4 Å². The monoisotopic (exact) mass is 781 g/mol. The van der Waals surface area contributed by atoms with Crippen LogP contribution in [0.25, 0.3) is 22.5 Å². The number of hydrogen-bond acceptors (Lipinski definition) is 8. The van der Waals surface area contributed by atoms with Crippen LogP contribution in [-0.4, -0.2) is 87.7 Å². The Balaban J connectivity index is 0.00000580. The average Bonchev–Trinajstić information content (AvgIpc) is 3.71. The number of aromatic nitrogens is 4. The Bertz CT molecular complexity index is 1880. The van der Waals surface area contributed by atoms with Crippen molar-refractivity contribution in [1.29, 1.82) is 0 Å². The van der Waals surface area contributed by atoms with E-state index in [1.165, 1.54) is 4.90 Å². The zero-order chi connectivity index (χ0) is 38.2. The highest BCUT2D eigenvalue weighted by Crippen LogP contribution is 2.29. The molecule has 0 radical (unpaired) electrons. The highest BCUT2D eigenvalue weighted by atomic mass is 35.5. The largest absolute Gasteiger partial charge is 0.401 e. The van der Waals surface area contributed by atoms with Crippen LogP contribution in [0.5, 0.6) is 0 Å². The fourth-order valence-electron chi connectivity index (χ4n) is 7.32. The maximum absolute atomic E-state index is 13.7. The van der Waals surface area contributed by atoms with Crippen molar-refractivity contribution in [3.63, 3.8) is 0 Å². The summed E-state index contributed by atoms with van der Waals surface area (Å²) in [4.78, 5) is 41.5. The van der Waals surface area contributed by atoms with Gasteiger partial charge < -0.3 is 21.7 Å². The molecular formula is C39H47ClF3N9O3. The molecule has 1 aromatic heterocycles. The molecule has 2 heterocycles. The smallest absolute Gasteiger partial charge is 0.349 e. The highest BCUT2D eigenvalue weighted by Gasteiger charge is 2.33. The number of hydrogen-bond donors (Lipinski definition) is 5. The number of benzene rings is 3. The Kier molecular flexibility index (Phi) is 14.0. The Hall–Kier alpha value is -4.86. The molecule has 6 rings (SSSR count). The number of carbonyl (C=O) groups excluding carboxylic acids is 3. The molecule has 2 fully saturated rings. The Morgan fingerprint density at radius 2 is 1.60 bits per heavy atom. The summed E-state index contributed by atoms with van der Waals surface area (Å²) in [5, 5.41) is 22.9. The minimum atomic E-state index is -4.23. The number of amides is 3. The van der Waals surface area contributed by atoms with Crippen LogP contribution in [0.4, 0.5) is 18.9 Å². The van der Waals surface area contributed by atoms with Crippen molar-refractivity contribution >= 4 is 35.8 Å². The van der Waals surface area contributed by atoms with Gasteiger partial charge in [0.1, 0.15) is 6.04 Å². The van der Waals surface area contributed by atoms with Crippen molar-refractivity contribution in [3.8, 4) is 22.5 Å². The molecule has 0 bridgehead atoms. The lowest BCUT2D eigenvalue weighted by molar-refractivity contribution is -0.148. The highest BCUT2D eigenvalue weighted by molar-refractivity contribution is 5.98. The van der Waals surface area contributed by atoms with Crippen molar-refractivity contribution in [2.75, 3.05) is 31.5 Å². The number of aromatic amines is 1. The van der Waals surface area contributed by atoms with Crippen molar-refractivity contribution < 1.29 is 27.6 Å². The summed E-state index contributed by atoms with van der Waals surface area (Å²) in [6, 6.07) is 19.2. The van der Waals surface area contributed by atoms with Crippen LogP contribution < -0.4 is 21.7 Å². The van der Waals surface area contributed by atoms with E-state index in [9.17, 15) is 27.6 Å². The first-order valence-corrected chi connectivity index (χ1v) is 18.4. The molecule has 4 aromatic rings. The van der Waals surface area contributed by atoms with Crippen LogP contribution in [0.1, 0.15) is 60.0 Å². The molecule has 294 valence electrons. The summed E-state index contributed by atoms with van der Waals surface area (Å²) < 4.78 is 38.2. The number of aryl methyl sites for hydroxylation is 1.